The number of morpholine rings is 1. The molecule has 0 radical (unpaired) electrons. The molecule has 1 atom stereocenters. The van der Waals surface area contributed by atoms with E-state index in [2.05, 4.69) is 10.2 Å². The summed E-state index contributed by atoms with van der Waals surface area (Å²) in [6.07, 6.45) is 0.360. The van der Waals surface area contributed by atoms with Crippen LogP contribution in [0, 0.1) is 0 Å². The molecule has 0 aromatic carbocycles. The van der Waals surface area contributed by atoms with E-state index >= 15 is 0 Å². The first kappa shape index (κ1) is 20.1. The minimum Gasteiger partial charge on any atom is -0.383 e. The first-order valence-corrected chi connectivity index (χ1v) is 10.3. The van der Waals surface area contributed by atoms with Crippen LogP contribution in [0.25, 0.3) is 0 Å². The summed E-state index contributed by atoms with van der Waals surface area (Å²) in [6, 6.07) is -0.461. The van der Waals surface area contributed by atoms with E-state index in [0.717, 1.165) is 13.1 Å². The molecule has 2 rings (SSSR count). The lowest BCUT2D eigenvalue weighted by Gasteiger charge is -2.28. The van der Waals surface area contributed by atoms with E-state index in [4.69, 9.17) is 9.47 Å². The van der Waals surface area contributed by atoms with Gasteiger partial charge in [-0.2, -0.15) is 0 Å². The number of nitrogens with zero attached hydrogens (tertiary/aromatic N) is 2. The van der Waals surface area contributed by atoms with Crippen LogP contribution in [0.5, 0.6) is 0 Å². The third-order valence-electron chi connectivity index (χ3n) is 4.46. The van der Waals surface area contributed by atoms with Gasteiger partial charge >= 0.3 is 11.8 Å². The van der Waals surface area contributed by atoms with Crippen LogP contribution in [-0.2, 0) is 28.9 Å². The van der Waals surface area contributed by atoms with E-state index < -0.39 is 27.7 Å². The third-order valence-corrected chi connectivity index (χ3v) is 6.21. The second kappa shape index (κ2) is 9.46. The van der Waals surface area contributed by atoms with Gasteiger partial charge in [-0.1, -0.05) is 0 Å². The maximum absolute atomic E-state index is 12.5. The first-order valence-electron chi connectivity index (χ1n) is 8.51. The molecule has 25 heavy (non-hydrogen) atoms. The number of nitrogens with one attached hydrogen (secondary N) is 1. The fraction of sp³-hybridized carbons (Fsp3) is 0.867. The highest BCUT2D eigenvalue weighted by atomic mass is 32.2. The largest absolute Gasteiger partial charge is 0.383 e. The van der Waals surface area contributed by atoms with Crippen molar-refractivity contribution in [1.82, 2.24) is 15.1 Å². The molecule has 2 amide bonds. The predicted molar refractivity (Wildman–Crippen MR) is 90.9 cm³/mol. The van der Waals surface area contributed by atoms with Gasteiger partial charge < -0.3 is 19.7 Å². The first-order chi connectivity index (χ1) is 11.9. The summed E-state index contributed by atoms with van der Waals surface area (Å²) >= 11 is 0. The summed E-state index contributed by atoms with van der Waals surface area (Å²) in [6.45, 7) is 4.44. The number of sulfone groups is 1. The Kier molecular flexibility index (Phi) is 7.60. The second-order valence-corrected chi connectivity index (χ2v) is 8.49. The molecule has 2 fully saturated rings. The van der Waals surface area contributed by atoms with Crippen molar-refractivity contribution in [1.29, 1.82) is 0 Å². The molecule has 0 aromatic rings. The van der Waals surface area contributed by atoms with E-state index in [1.807, 2.05) is 0 Å². The van der Waals surface area contributed by atoms with Gasteiger partial charge in [-0.25, -0.2) is 8.42 Å². The average Bonchev–Trinajstić information content (AvgIpc) is 2.95. The molecule has 1 unspecified atom stereocenters. The maximum Gasteiger partial charge on any atom is 0.312 e. The molecule has 0 bridgehead atoms. The molecule has 2 heterocycles. The fourth-order valence-electron chi connectivity index (χ4n) is 3.02. The Bertz CT molecular complexity index is 562. The lowest BCUT2D eigenvalue weighted by molar-refractivity contribution is -0.147. The van der Waals surface area contributed by atoms with Gasteiger partial charge in [0.25, 0.3) is 0 Å². The highest BCUT2D eigenvalue weighted by Crippen LogP contribution is 2.18. The summed E-state index contributed by atoms with van der Waals surface area (Å²) in [5.74, 6) is -1.44. The van der Waals surface area contributed by atoms with Gasteiger partial charge in [0, 0.05) is 45.9 Å². The summed E-state index contributed by atoms with van der Waals surface area (Å²) in [5.41, 5.74) is 0. The third kappa shape index (κ3) is 6.21. The van der Waals surface area contributed by atoms with Crippen LogP contribution in [0.3, 0.4) is 0 Å². The van der Waals surface area contributed by atoms with Crippen LogP contribution in [-0.4, -0.2) is 107 Å². The smallest absolute Gasteiger partial charge is 0.312 e. The lowest BCUT2D eigenvalue weighted by Crippen LogP contribution is -2.50. The number of methoxy groups -OCH3 is 1. The Morgan fingerprint density at radius 3 is 2.64 bits per heavy atom. The topological polar surface area (TPSA) is 105 Å². The molecular weight excluding hydrogens is 350 g/mol. The molecule has 2 saturated heterocycles. The SMILES string of the molecule is COCCN(C(=O)C(=O)NCCN1CCOCC1)C1CCS(=O)(=O)C1. The van der Waals surface area contributed by atoms with Crippen LogP contribution in [0.15, 0.2) is 0 Å². The molecule has 0 spiro atoms. The summed E-state index contributed by atoms with van der Waals surface area (Å²) in [5, 5.41) is 2.63. The lowest BCUT2D eigenvalue weighted by atomic mass is 10.2. The minimum absolute atomic E-state index is 0.0487. The zero-order valence-corrected chi connectivity index (χ0v) is 15.4. The number of hydrogen-bond donors (Lipinski definition) is 1. The van der Waals surface area contributed by atoms with E-state index in [0.29, 0.717) is 32.7 Å². The molecule has 2 aliphatic rings. The molecule has 9 nitrogen and oxygen atoms in total. The Balaban J connectivity index is 1.85. The summed E-state index contributed by atoms with van der Waals surface area (Å²) in [4.78, 5) is 28.1. The van der Waals surface area contributed by atoms with Crippen molar-refractivity contribution in [3.05, 3.63) is 0 Å². The highest BCUT2D eigenvalue weighted by Gasteiger charge is 2.36. The van der Waals surface area contributed by atoms with Crippen LogP contribution in [0.4, 0.5) is 0 Å². The molecule has 0 aromatic heterocycles. The van der Waals surface area contributed by atoms with Crippen molar-refractivity contribution in [2.45, 2.75) is 12.5 Å². The summed E-state index contributed by atoms with van der Waals surface area (Å²) < 4.78 is 33.6. The van der Waals surface area contributed by atoms with Crippen molar-refractivity contribution in [3.8, 4) is 0 Å². The fourth-order valence-corrected chi connectivity index (χ4v) is 4.75. The molecule has 10 heteroatoms. The molecular formula is C15H27N3O6S. The number of rotatable bonds is 7. The Morgan fingerprint density at radius 1 is 1.32 bits per heavy atom. The maximum atomic E-state index is 12.5. The number of ether oxygens (including phenoxy) is 2. The molecule has 2 aliphatic heterocycles. The molecule has 144 valence electrons. The van der Waals surface area contributed by atoms with Crippen molar-refractivity contribution >= 4 is 21.7 Å². The minimum atomic E-state index is -3.14. The highest BCUT2D eigenvalue weighted by molar-refractivity contribution is 7.91. The van der Waals surface area contributed by atoms with Gasteiger partial charge in [0.05, 0.1) is 31.3 Å². The van der Waals surface area contributed by atoms with Crippen molar-refractivity contribution in [2.24, 2.45) is 0 Å². The van der Waals surface area contributed by atoms with E-state index in [1.165, 1.54) is 12.0 Å². The predicted octanol–water partition coefficient (Wildman–Crippen LogP) is -1.90. The standard InChI is InChI=1S/C15H27N3O6S/c1-23-8-7-18(13-2-11-25(21,22)12-13)15(20)14(19)16-3-4-17-5-9-24-10-6-17/h13H,2-12H2,1H3,(H,16,19). The number of hydrogen-bond acceptors (Lipinski definition) is 7. The average molecular weight is 377 g/mol. The molecule has 0 saturated carbocycles. The number of amides is 2. The monoisotopic (exact) mass is 377 g/mol. The normalized spacial score (nSPS) is 23.3. The zero-order chi connectivity index (χ0) is 18.3. The van der Waals surface area contributed by atoms with Crippen molar-refractivity contribution in [2.75, 3.05) is 71.2 Å². The van der Waals surface area contributed by atoms with Gasteiger partial charge in [-0.15, -0.1) is 0 Å². The van der Waals surface area contributed by atoms with Gasteiger partial charge in [-0.05, 0) is 6.42 Å². The Hall–Kier alpha value is -1.23. The van der Waals surface area contributed by atoms with Crippen molar-refractivity contribution in [3.63, 3.8) is 0 Å². The van der Waals surface area contributed by atoms with Gasteiger partial charge in [0.15, 0.2) is 9.84 Å². The Morgan fingerprint density at radius 2 is 2.04 bits per heavy atom. The van der Waals surface area contributed by atoms with E-state index in [9.17, 15) is 18.0 Å². The number of carbonyl (C=O) groups excluding carboxylic acids is 2. The Labute approximate surface area is 148 Å². The molecule has 1 N–H and O–H groups in total. The van der Waals surface area contributed by atoms with Crippen LogP contribution in [0.1, 0.15) is 6.42 Å². The van der Waals surface area contributed by atoms with Crippen LogP contribution >= 0.6 is 0 Å². The van der Waals surface area contributed by atoms with Crippen LogP contribution < -0.4 is 5.32 Å². The quantitative estimate of drug-likeness (QED) is 0.517. The number of carbonyl (C=O) groups is 2. The van der Waals surface area contributed by atoms with Gasteiger partial charge in [-0.3, -0.25) is 14.5 Å². The van der Waals surface area contributed by atoms with E-state index in [1.54, 1.807) is 0 Å². The second-order valence-electron chi connectivity index (χ2n) is 6.26. The zero-order valence-electron chi connectivity index (χ0n) is 14.6. The van der Waals surface area contributed by atoms with Gasteiger partial charge in [0.1, 0.15) is 0 Å². The molecule has 0 aliphatic carbocycles. The van der Waals surface area contributed by atoms with Crippen LogP contribution in [0.2, 0.25) is 0 Å². The van der Waals surface area contributed by atoms with Crippen molar-refractivity contribution < 1.29 is 27.5 Å². The summed E-state index contributed by atoms with van der Waals surface area (Å²) in [7, 11) is -1.64. The van der Waals surface area contributed by atoms with Gasteiger partial charge in [0.2, 0.25) is 0 Å². The van der Waals surface area contributed by atoms with E-state index in [-0.39, 0.29) is 24.7 Å².